The Morgan fingerprint density at radius 1 is 1.15 bits per heavy atom. The summed E-state index contributed by atoms with van der Waals surface area (Å²) in [4.78, 5) is 0. The molecular weight excluding hydrogens is 166 g/mol. The zero-order valence-corrected chi connectivity index (χ0v) is 8.89. The number of allylic oxidation sites excluding steroid dienone is 3. The second-order valence-corrected chi connectivity index (χ2v) is 2.60. The van der Waals surface area contributed by atoms with E-state index in [4.69, 9.17) is 15.2 Å². The molecule has 0 aliphatic rings. The van der Waals surface area contributed by atoms with Crippen LogP contribution in [0.4, 0.5) is 0 Å². The highest BCUT2D eigenvalue weighted by atomic mass is 16.5. The van der Waals surface area contributed by atoms with Crippen molar-refractivity contribution in [2.24, 2.45) is 5.73 Å². The van der Waals surface area contributed by atoms with Gasteiger partial charge >= 0.3 is 0 Å². The van der Waals surface area contributed by atoms with E-state index in [-0.39, 0.29) is 0 Å². The molecule has 2 N–H and O–H groups in total. The first-order valence-electron chi connectivity index (χ1n) is 4.46. The van der Waals surface area contributed by atoms with Gasteiger partial charge in [0.15, 0.2) is 0 Å². The van der Waals surface area contributed by atoms with E-state index in [1.165, 1.54) is 0 Å². The molecule has 0 amide bonds. The van der Waals surface area contributed by atoms with Crippen LogP contribution in [0, 0.1) is 0 Å². The van der Waals surface area contributed by atoms with Gasteiger partial charge in [-0.2, -0.15) is 0 Å². The Bertz CT molecular complexity index is 195. The molecule has 0 aromatic carbocycles. The van der Waals surface area contributed by atoms with Crippen LogP contribution in [0.2, 0.25) is 0 Å². The molecule has 3 heteroatoms. The molecule has 76 valence electrons. The Hall–Kier alpha value is -1.12. The molecule has 0 saturated heterocycles. The minimum atomic E-state index is 0.642. The summed E-state index contributed by atoms with van der Waals surface area (Å²) >= 11 is 0. The zero-order valence-electron chi connectivity index (χ0n) is 8.89. The van der Waals surface area contributed by atoms with E-state index in [1.54, 1.807) is 14.2 Å². The van der Waals surface area contributed by atoms with E-state index in [0.717, 1.165) is 24.4 Å². The van der Waals surface area contributed by atoms with Crippen LogP contribution in [-0.4, -0.2) is 14.2 Å². The van der Waals surface area contributed by atoms with E-state index in [0.29, 0.717) is 5.70 Å². The lowest BCUT2D eigenvalue weighted by Gasteiger charge is -2.07. The lowest BCUT2D eigenvalue weighted by molar-refractivity contribution is 0.271. The fourth-order valence-corrected chi connectivity index (χ4v) is 1.03. The van der Waals surface area contributed by atoms with Crippen molar-refractivity contribution in [1.29, 1.82) is 0 Å². The van der Waals surface area contributed by atoms with Gasteiger partial charge in [0.25, 0.3) is 0 Å². The van der Waals surface area contributed by atoms with Gasteiger partial charge in [0.05, 0.1) is 25.7 Å². The third kappa shape index (κ3) is 3.87. The van der Waals surface area contributed by atoms with E-state index < -0.39 is 0 Å². The van der Waals surface area contributed by atoms with Crippen LogP contribution in [-0.2, 0) is 9.47 Å². The van der Waals surface area contributed by atoms with Gasteiger partial charge in [0.1, 0.15) is 5.76 Å². The van der Waals surface area contributed by atoms with Gasteiger partial charge in [0.2, 0.25) is 0 Å². The first kappa shape index (κ1) is 11.9. The minimum absolute atomic E-state index is 0.642. The van der Waals surface area contributed by atoms with Gasteiger partial charge in [-0.3, -0.25) is 0 Å². The molecule has 0 spiro atoms. The highest BCUT2D eigenvalue weighted by molar-refractivity contribution is 5.21. The summed E-state index contributed by atoms with van der Waals surface area (Å²) in [6, 6.07) is 0. The van der Waals surface area contributed by atoms with Crippen LogP contribution >= 0.6 is 0 Å². The Morgan fingerprint density at radius 3 is 2.08 bits per heavy atom. The number of hydrogen-bond acceptors (Lipinski definition) is 3. The molecule has 0 aromatic rings. The standard InChI is InChI=1S/C10H19NO2/c1-5-8(12-3)7-9(11)10(6-2)13-4/h7H,5-6,11H2,1-4H3/b8-7+,10-9+. The van der Waals surface area contributed by atoms with E-state index >= 15 is 0 Å². The number of ether oxygens (including phenoxy) is 2. The number of hydrogen-bond donors (Lipinski definition) is 1. The fourth-order valence-electron chi connectivity index (χ4n) is 1.03. The van der Waals surface area contributed by atoms with Gasteiger partial charge in [-0.05, 0) is 0 Å². The van der Waals surface area contributed by atoms with Crippen molar-refractivity contribution in [2.75, 3.05) is 14.2 Å². The molecular formula is C10H19NO2. The average molecular weight is 185 g/mol. The first-order chi connectivity index (χ1) is 6.19. The van der Waals surface area contributed by atoms with Crippen LogP contribution in [0.15, 0.2) is 23.3 Å². The topological polar surface area (TPSA) is 44.5 Å². The van der Waals surface area contributed by atoms with Gasteiger partial charge in [-0.15, -0.1) is 0 Å². The first-order valence-corrected chi connectivity index (χ1v) is 4.46. The molecule has 0 aromatic heterocycles. The summed E-state index contributed by atoms with van der Waals surface area (Å²) in [5.41, 5.74) is 6.43. The molecule has 0 radical (unpaired) electrons. The van der Waals surface area contributed by atoms with Gasteiger partial charge in [-0.25, -0.2) is 0 Å². The van der Waals surface area contributed by atoms with Crippen LogP contribution in [0.25, 0.3) is 0 Å². The van der Waals surface area contributed by atoms with Gasteiger partial charge < -0.3 is 15.2 Å². The van der Waals surface area contributed by atoms with Gasteiger partial charge in [0, 0.05) is 18.9 Å². The van der Waals surface area contributed by atoms with E-state index in [2.05, 4.69) is 0 Å². The smallest absolute Gasteiger partial charge is 0.118 e. The summed E-state index contributed by atoms with van der Waals surface area (Å²) in [5.74, 6) is 1.66. The van der Waals surface area contributed by atoms with Crippen molar-refractivity contribution in [1.82, 2.24) is 0 Å². The largest absolute Gasteiger partial charge is 0.501 e. The van der Waals surface area contributed by atoms with Crippen molar-refractivity contribution in [3.8, 4) is 0 Å². The van der Waals surface area contributed by atoms with Crippen LogP contribution in [0.1, 0.15) is 26.7 Å². The second-order valence-electron chi connectivity index (χ2n) is 2.60. The lowest BCUT2D eigenvalue weighted by Crippen LogP contribution is -2.02. The normalized spacial score (nSPS) is 13.7. The number of methoxy groups -OCH3 is 2. The molecule has 13 heavy (non-hydrogen) atoms. The number of rotatable bonds is 5. The van der Waals surface area contributed by atoms with Crippen molar-refractivity contribution in [3.63, 3.8) is 0 Å². The van der Waals surface area contributed by atoms with Gasteiger partial charge in [-0.1, -0.05) is 13.8 Å². The maximum absolute atomic E-state index is 5.79. The Morgan fingerprint density at radius 2 is 1.77 bits per heavy atom. The summed E-state index contributed by atoms with van der Waals surface area (Å²) in [6.45, 7) is 4.01. The Balaban J connectivity index is 4.64. The van der Waals surface area contributed by atoms with Crippen LogP contribution in [0.5, 0.6) is 0 Å². The second kappa shape index (κ2) is 6.40. The highest BCUT2D eigenvalue weighted by Gasteiger charge is 2.00. The SMILES string of the molecule is CC/C(=C\C(N)=C(\CC)OC)OC. The predicted octanol–water partition coefficient (Wildman–Crippen LogP) is 2.15. The summed E-state index contributed by atoms with van der Waals surface area (Å²) in [7, 11) is 3.26. The van der Waals surface area contributed by atoms with Crippen molar-refractivity contribution < 1.29 is 9.47 Å². The quantitative estimate of drug-likeness (QED) is 0.527. The molecule has 0 aliphatic carbocycles. The Labute approximate surface area is 80.2 Å². The van der Waals surface area contributed by atoms with E-state index in [9.17, 15) is 0 Å². The monoisotopic (exact) mass is 185 g/mol. The third-order valence-corrected chi connectivity index (χ3v) is 1.82. The molecule has 0 atom stereocenters. The molecule has 0 unspecified atom stereocenters. The maximum atomic E-state index is 5.79. The molecule has 0 rings (SSSR count). The van der Waals surface area contributed by atoms with Crippen molar-refractivity contribution >= 4 is 0 Å². The lowest BCUT2D eigenvalue weighted by atomic mass is 10.2. The molecule has 0 heterocycles. The van der Waals surface area contributed by atoms with Crippen molar-refractivity contribution in [2.45, 2.75) is 26.7 Å². The molecule has 0 saturated carbocycles. The minimum Gasteiger partial charge on any atom is -0.501 e. The molecule has 0 aliphatic heterocycles. The fraction of sp³-hybridized carbons (Fsp3) is 0.600. The van der Waals surface area contributed by atoms with Crippen LogP contribution in [0.3, 0.4) is 0 Å². The van der Waals surface area contributed by atoms with Crippen molar-refractivity contribution in [3.05, 3.63) is 23.3 Å². The predicted molar refractivity (Wildman–Crippen MR) is 53.9 cm³/mol. The molecule has 3 nitrogen and oxygen atoms in total. The summed E-state index contributed by atoms with van der Waals surface area (Å²) in [6.07, 6.45) is 3.43. The Kier molecular flexibility index (Phi) is 5.85. The maximum Gasteiger partial charge on any atom is 0.118 e. The summed E-state index contributed by atoms with van der Waals surface area (Å²) < 4.78 is 10.2. The van der Waals surface area contributed by atoms with E-state index in [1.807, 2.05) is 19.9 Å². The molecule has 0 bridgehead atoms. The van der Waals surface area contributed by atoms with Crippen LogP contribution < -0.4 is 5.73 Å². The number of nitrogens with two attached hydrogens (primary N) is 1. The zero-order chi connectivity index (χ0) is 10.3. The average Bonchev–Trinajstić information content (AvgIpc) is 2.16. The third-order valence-electron chi connectivity index (χ3n) is 1.82. The highest BCUT2D eigenvalue weighted by Crippen LogP contribution is 2.10. The molecule has 0 fully saturated rings. The summed E-state index contributed by atoms with van der Waals surface area (Å²) in [5, 5.41) is 0.